The third-order valence-corrected chi connectivity index (χ3v) is 4.41. The highest BCUT2D eigenvalue weighted by Gasteiger charge is 2.37. The molecule has 5 nitrogen and oxygen atoms in total. The molecule has 3 rings (SSSR count). The lowest BCUT2D eigenvalue weighted by molar-refractivity contribution is 0.333. The smallest absolute Gasteiger partial charge is 0.318 e. The Morgan fingerprint density at radius 2 is 2.16 bits per heavy atom. The van der Waals surface area contributed by atoms with Crippen LogP contribution in [-0.2, 0) is 6.54 Å². The Morgan fingerprint density at radius 1 is 1.26 bits per heavy atom. The monoisotopic (exact) mass is 264 g/mol. The highest BCUT2D eigenvalue weighted by Crippen LogP contribution is 2.38. The number of hydrogen-bond donors (Lipinski definition) is 1. The molecule has 2 aliphatic rings. The summed E-state index contributed by atoms with van der Waals surface area (Å²) in [5, 5.41) is 11.7. The van der Waals surface area contributed by atoms with Crippen LogP contribution in [0.2, 0.25) is 0 Å². The van der Waals surface area contributed by atoms with E-state index in [0.29, 0.717) is 18.5 Å². The van der Waals surface area contributed by atoms with Crippen LogP contribution < -0.4 is 10.2 Å². The van der Waals surface area contributed by atoms with Gasteiger partial charge < -0.3 is 14.6 Å². The predicted octanol–water partition coefficient (Wildman–Crippen LogP) is 2.34. The zero-order valence-electron chi connectivity index (χ0n) is 11.8. The summed E-state index contributed by atoms with van der Waals surface area (Å²) in [4.78, 5) is 2.35. The Bertz CT molecular complexity index is 406. The molecule has 0 radical (unpaired) electrons. The van der Waals surface area contributed by atoms with Crippen LogP contribution in [0.15, 0.2) is 4.42 Å². The molecule has 2 heterocycles. The first-order valence-corrected chi connectivity index (χ1v) is 7.68. The highest BCUT2D eigenvalue weighted by molar-refractivity contribution is 5.30. The third-order valence-electron chi connectivity index (χ3n) is 4.41. The Morgan fingerprint density at radius 3 is 3.05 bits per heavy atom. The van der Waals surface area contributed by atoms with Crippen LogP contribution in [0.5, 0.6) is 0 Å². The predicted molar refractivity (Wildman–Crippen MR) is 74.0 cm³/mol. The lowest BCUT2D eigenvalue weighted by Crippen LogP contribution is -2.34. The van der Waals surface area contributed by atoms with Gasteiger partial charge >= 0.3 is 6.01 Å². The number of fused-ring (bicyclic) bond motifs is 1. The lowest BCUT2D eigenvalue weighted by Gasteiger charge is -2.30. The first-order valence-electron chi connectivity index (χ1n) is 7.68. The van der Waals surface area contributed by atoms with E-state index in [0.717, 1.165) is 31.4 Å². The summed E-state index contributed by atoms with van der Waals surface area (Å²) < 4.78 is 5.80. The van der Waals surface area contributed by atoms with Crippen molar-refractivity contribution in [3.63, 3.8) is 0 Å². The summed E-state index contributed by atoms with van der Waals surface area (Å²) in [6.07, 6.45) is 7.81. The number of nitrogens with one attached hydrogen (secondary N) is 1. The number of rotatable bonds is 5. The van der Waals surface area contributed by atoms with Gasteiger partial charge in [0.25, 0.3) is 0 Å². The summed E-state index contributed by atoms with van der Waals surface area (Å²) in [5.74, 6) is 1.56. The van der Waals surface area contributed by atoms with Crippen molar-refractivity contribution in [2.24, 2.45) is 5.92 Å². The van der Waals surface area contributed by atoms with Gasteiger partial charge in [0.2, 0.25) is 5.89 Å². The van der Waals surface area contributed by atoms with Gasteiger partial charge in [0.05, 0.1) is 6.54 Å². The summed E-state index contributed by atoms with van der Waals surface area (Å²) in [7, 11) is 0. The van der Waals surface area contributed by atoms with Gasteiger partial charge in [-0.05, 0) is 38.1 Å². The minimum Gasteiger partial charge on any atom is -0.407 e. The summed E-state index contributed by atoms with van der Waals surface area (Å²) >= 11 is 0. The molecule has 1 aromatic heterocycles. The Labute approximate surface area is 114 Å². The Kier molecular flexibility index (Phi) is 4.01. The average Bonchev–Trinajstić information content (AvgIpc) is 3.05. The van der Waals surface area contributed by atoms with E-state index in [-0.39, 0.29) is 0 Å². The van der Waals surface area contributed by atoms with Crippen LogP contribution in [0, 0.1) is 5.92 Å². The second-order valence-corrected chi connectivity index (χ2v) is 5.75. The van der Waals surface area contributed by atoms with Crippen LogP contribution in [0.25, 0.3) is 0 Å². The molecule has 1 aromatic rings. The summed E-state index contributed by atoms with van der Waals surface area (Å²) in [6, 6.07) is 1.38. The molecule has 106 valence electrons. The van der Waals surface area contributed by atoms with Crippen molar-refractivity contribution in [2.75, 3.05) is 18.0 Å². The van der Waals surface area contributed by atoms with Crippen molar-refractivity contribution in [3.8, 4) is 0 Å². The molecule has 0 amide bonds. The summed E-state index contributed by atoms with van der Waals surface area (Å²) in [6.45, 7) is 4.91. The molecule has 19 heavy (non-hydrogen) atoms. The fourth-order valence-corrected chi connectivity index (χ4v) is 3.45. The van der Waals surface area contributed by atoms with Gasteiger partial charge in [-0.15, -0.1) is 5.10 Å². The number of aromatic nitrogens is 2. The third kappa shape index (κ3) is 2.76. The Balaban J connectivity index is 1.62. The Hall–Kier alpha value is -1.10. The van der Waals surface area contributed by atoms with Crippen LogP contribution in [0.4, 0.5) is 6.01 Å². The fraction of sp³-hybridized carbons (Fsp3) is 0.857. The normalized spacial score (nSPS) is 26.7. The van der Waals surface area contributed by atoms with Gasteiger partial charge in [-0.2, -0.15) is 0 Å². The minimum atomic E-state index is 0.644. The topological polar surface area (TPSA) is 54.2 Å². The van der Waals surface area contributed by atoms with Crippen molar-refractivity contribution in [3.05, 3.63) is 5.89 Å². The molecule has 1 aliphatic heterocycles. The van der Waals surface area contributed by atoms with Gasteiger partial charge in [0.15, 0.2) is 0 Å². The molecule has 5 heteroatoms. The van der Waals surface area contributed by atoms with E-state index >= 15 is 0 Å². The van der Waals surface area contributed by atoms with E-state index < -0.39 is 0 Å². The van der Waals surface area contributed by atoms with Crippen LogP contribution >= 0.6 is 0 Å². The highest BCUT2D eigenvalue weighted by atomic mass is 16.4. The van der Waals surface area contributed by atoms with E-state index in [4.69, 9.17) is 4.42 Å². The number of hydrogen-bond acceptors (Lipinski definition) is 5. The van der Waals surface area contributed by atoms with Crippen molar-refractivity contribution in [2.45, 2.75) is 58.0 Å². The average molecular weight is 264 g/mol. The van der Waals surface area contributed by atoms with E-state index in [1.165, 1.54) is 32.1 Å². The van der Waals surface area contributed by atoms with Gasteiger partial charge in [0, 0.05) is 12.6 Å². The van der Waals surface area contributed by atoms with Crippen LogP contribution in [0.3, 0.4) is 0 Å². The number of nitrogens with zero attached hydrogens (tertiary/aromatic N) is 3. The molecule has 1 saturated carbocycles. The maximum Gasteiger partial charge on any atom is 0.318 e. The fourth-order valence-electron chi connectivity index (χ4n) is 3.45. The zero-order valence-corrected chi connectivity index (χ0v) is 11.8. The molecule has 0 aromatic carbocycles. The molecule has 2 unspecified atom stereocenters. The van der Waals surface area contributed by atoms with Crippen LogP contribution in [-0.4, -0.2) is 29.3 Å². The second kappa shape index (κ2) is 5.90. The molecule has 2 atom stereocenters. The largest absolute Gasteiger partial charge is 0.407 e. The van der Waals surface area contributed by atoms with E-state index in [9.17, 15) is 0 Å². The zero-order chi connectivity index (χ0) is 13.1. The number of anilines is 1. The van der Waals surface area contributed by atoms with Crippen molar-refractivity contribution >= 4 is 6.01 Å². The lowest BCUT2D eigenvalue weighted by atomic mass is 9.85. The standard InChI is InChI=1S/C14H24N4O/c1-2-8-15-10-13-16-17-14(19-13)18-9-7-11-5-3-4-6-12(11)18/h11-12,15H,2-10H2,1H3. The molecule has 1 aliphatic carbocycles. The van der Waals surface area contributed by atoms with Gasteiger partial charge in [-0.3, -0.25) is 0 Å². The maximum absolute atomic E-state index is 5.80. The second-order valence-electron chi connectivity index (χ2n) is 5.75. The summed E-state index contributed by atoms with van der Waals surface area (Å²) in [5.41, 5.74) is 0. The van der Waals surface area contributed by atoms with Gasteiger partial charge in [-0.1, -0.05) is 24.9 Å². The maximum atomic E-state index is 5.80. The minimum absolute atomic E-state index is 0.644. The van der Waals surface area contributed by atoms with Gasteiger partial charge in [-0.25, -0.2) is 0 Å². The molecule has 0 bridgehead atoms. The van der Waals surface area contributed by atoms with Crippen molar-refractivity contribution in [1.29, 1.82) is 0 Å². The molecular formula is C14H24N4O. The van der Waals surface area contributed by atoms with E-state index in [1.54, 1.807) is 0 Å². The van der Waals surface area contributed by atoms with E-state index in [1.807, 2.05) is 0 Å². The molecule has 1 N–H and O–H groups in total. The van der Waals surface area contributed by atoms with Gasteiger partial charge in [0.1, 0.15) is 0 Å². The quantitative estimate of drug-likeness (QED) is 0.827. The van der Waals surface area contributed by atoms with Crippen molar-refractivity contribution in [1.82, 2.24) is 15.5 Å². The molecule has 1 saturated heterocycles. The van der Waals surface area contributed by atoms with Crippen LogP contribution in [0.1, 0.15) is 51.3 Å². The molecular weight excluding hydrogens is 240 g/mol. The SMILES string of the molecule is CCCNCc1nnc(N2CCC3CCCCC32)o1. The van der Waals surface area contributed by atoms with E-state index in [2.05, 4.69) is 27.3 Å². The molecule has 0 spiro atoms. The molecule has 2 fully saturated rings. The van der Waals surface area contributed by atoms with Crippen molar-refractivity contribution < 1.29 is 4.42 Å². The first-order chi connectivity index (χ1) is 9.38. The first kappa shape index (κ1) is 12.9.